The highest BCUT2D eigenvalue weighted by Gasteiger charge is 2.37. The van der Waals surface area contributed by atoms with Crippen LogP contribution in [0.25, 0.3) is 0 Å². The zero-order valence-electron chi connectivity index (χ0n) is 11.7. The third-order valence-electron chi connectivity index (χ3n) is 3.08. The average molecular weight is 295 g/mol. The lowest BCUT2D eigenvalue weighted by Gasteiger charge is -2.20. The van der Waals surface area contributed by atoms with Crippen LogP contribution in [0.15, 0.2) is 29.2 Å². The van der Waals surface area contributed by atoms with E-state index in [4.69, 9.17) is 4.74 Å². The molecular formula is C14H17NO4S. The summed E-state index contributed by atoms with van der Waals surface area (Å²) < 4.78 is 28.3. The summed E-state index contributed by atoms with van der Waals surface area (Å²) in [5, 5.41) is 9.24. The maximum Gasteiger partial charge on any atom is 0.330 e. The molecule has 0 heterocycles. The Labute approximate surface area is 119 Å². The van der Waals surface area contributed by atoms with Crippen molar-refractivity contribution in [2.24, 2.45) is 0 Å². The molecule has 1 aromatic rings. The SMILES string of the molecule is CCOC(=O)C(C)(C#N)c1ccc(S(=O)(=O)CC)cc1. The molecule has 0 aliphatic heterocycles. The zero-order valence-corrected chi connectivity index (χ0v) is 12.5. The molecule has 0 radical (unpaired) electrons. The van der Waals surface area contributed by atoms with Crippen LogP contribution < -0.4 is 0 Å². The van der Waals surface area contributed by atoms with Gasteiger partial charge in [-0.3, -0.25) is 0 Å². The van der Waals surface area contributed by atoms with Crippen molar-refractivity contribution in [3.63, 3.8) is 0 Å². The summed E-state index contributed by atoms with van der Waals surface area (Å²) >= 11 is 0. The number of hydrogen-bond donors (Lipinski definition) is 0. The number of hydrogen-bond acceptors (Lipinski definition) is 5. The van der Waals surface area contributed by atoms with Gasteiger partial charge in [0.1, 0.15) is 0 Å². The van der Waals surface area contributed by atoms with Crippen LogP contribution in [0.3, 0.4) is 0 Å². The molecule has 0 amide bonds. The van der Waals surface area contributed by atoms with Gasteiger partial charge in [0, 0.05) is 0 Å². The Morgan fingerprint density at radius 2 is 1.85 bits per heavy atom. The van der Waals surface area contributed by atoms with Crippen molar-refractivity contribution in [2.45, 2.75) is 31.1 Å². The molecule has 0 bridgehead atoms. The molecule has 5 nitrogen and oxygen atoms in total. The first kappa shape index (κ1) is 16.2. The van der Waals surface area contributed by atoms with E-state index in [1.807, 2.05) is 6.07 Å². The summed E-state index contributed by atoms with van der Waals surface area (Å²) in [7, 11) is -3.30. The summed E-state index contributed by atoms with van der Waals surface area (Å²) in [6, 6.07) is 7.69. The van der Waals surface area contributed by atoms with E-state index in [0.717, 1.165) is 0 Å². The standard InChI is InChI=1S/C14H17NO4S/c1-4-19-13(16)14(3,10-15)11-6-8-12(9-7-11)20(17,18)5-2/h6-9H,4-5H2,1-3H3. The highest BCUT2D eigenvalue weighted by Crippen LogP contribution is 2.26. The van der Waals surface area contributed by atoms with Crippen LogP contribution in [0.5, 0.6) is 0 Å². The molecule has 1 rings (SSSR count). The maximum absolute atomic E-state index is 11.9. The lowest BCUT2D eigenvalue weighted by atomic mass is 9.84. The summed E-state index contributed by atoms with van der Waals surface area (Å²) in [6.45, 7) is 4.85. The van der Waals surface area contributed by atoms with Gasteiger partial charge in [0.25, 0.3) is 0 Å². The Bertz CT molecular complexity index is 628. The average Bonchev–Trinajstić information content (AvgIpc) is 2.46. The Kier molecular flexibility index (Phi) is 4.90. The fraction of sp³-hybridized carbons (Fsp3) is 0.429. The number of ether oxygens (including phenoxy) is 1. The van der Waals surface area contributed by atoms with E-state index >= 15 is 0 Å². The second kappa shape index (κ2) is 6.06. The molecule has 1 unspecified atom stereocenters. The van der Waals surface area contributed by atoms with Crippen molar-refractivity contribution in [2.75, 3.05) is 12.4 Å². The molecule has 1 atom stereocenters. The largest absolute Gasteiger partial charge is 0.465 e. The van der Waals surface area contributed by atoms with Gasteiger partial charge >= 0.3 is 5.97 Å². The Morgan fingerprint density at radius 1 is 1.30 bits per heavy atom. The van der Waals surface area contributed by atoms with Gasteiger partial charge in [0.2, 0.25) is 0 Å². The van der Waals surface area contributed by atoms with Gasteiger partial charge in [-0.2, -0.15) is 5.26 Å². The fourth-order valence-electron chi connectivity index (χ4n) is 1.67. The number of nitriles is 1. The minimum absolute atomic E-state index is 0.000257. The van der Waals surface area contributed by atoms with Gasteiger partial charge < -0.3 is 4.74 Å². The zero-order chi connectivity index (χ0) is 15.4. The van der Waals surface area contributed by atoms with E-state index in [0.29, 0.717) is 5.56 Å². The summed E-state index contributed by atoms with van der Waals surface area (Å²) in [6.07, 6.45) is 0. The number of benzene rings is 1. The first-order valence-electron chi connectivity index (χ1n) is 6.23. The van der Waals surface area contributed by atoms with E-state index in [9.17, 15) is 18.5 Å². The van der Waals surface area contributed by atoms with Crippen LogP contribution in [0.1, 0.15) is 26.3 Å². The van der Waals surface area contributed by atoms with E-state index in [1.165, 1.54) is 31.2 Å². The van der Waals surface area contributed by atoms with Crippen LogP contribution in [0, 0.1) is 11.3 Å². The summed E-state index contributed by atoms with van der Waals surface area (Å²) in [5.41, 5.74) is -1.03. The molecule has 0 saturated carbocycles. The molecule has 0 aromatic heterocycles. The summed E-state index contributed by atoms with van der Waals surface area (Å²) in [5.74, 6) is -0.645. The van der Waals surface area contributed by atoms with Crippen molar-refractivity contribution in [1.29, 1.82) is 5.26 Å². The molecule has 0 N–H and O–H groups in total. The highest BCUT2D eigenvalue weighted by atomic mass is 32.2. The first-order valence-corrected chi connectivity index (χ1v) is 7.88. The molecule has 0 aliphatic rings. The molecule has 108 valence electrons. The third kappa shape index (κ3) is 2.99. The van der Waals surface area contributed by atoms with Crippen molar-refractivity contribution in [3.05, 3.63) is 29.8 Å². The number of esters is 1. The van der Waals surface area contributed by atoms with Gasteiger partial charge in [0.05, 0.1) is 23.3 Å². The maximum atomic E-state index is 11.9. The minimum Gasteiger partial charge on any atom is -0.465 e. The molecule has 1 aromatic carbocycles. The van der Waals surface area contributed by atoms with Gasteiger partial charge in [-0.05, 0) is 31.5 Å². The van der Waals surface area contributed by atoms with Crippen LogP contribution in [0.4, 0.5) is 0 Å². The molecule has 6 heteroatoms. The number of carbonyl (C=O) groups excluding carboxylic acids is 1. The Balaban J connectivity index is 3.21. The van der Waals surface area contributed by atoms with Gasteiger partial charge in [-0.25, -0.2) is 13.2 Å². The molecule has 0 fully saturated rings. The lowest BCUT2D eigenvalue weighted by Crippen LogP contribution is -2.32. The monoisotopic (exact) mass is 295 g/mol. The second-order valence-electron chi connectivity index (χ2n) is 4.39. The van der Waals surface area contributed by atoms with E-state index < -0.39 is 21.2 Å². The number of sulfone groups is 1. The molecule has 0 saturated heterocycles. The van der Waals surface area contributed by atoms with Crippen LogP contribution >= 0.6 is 0 Å². The first-order chi connectivity index (χ1) is 9.31. The van der Waals surface area contributed by atoms with Crippen molar-refractivity contribution in [3.8, 4) is 6.07 Å². The highest BCUT2D eigenvalue weighted by molar-refractivity contribution is 7.91. The number of nitrogens with zero attached hydrogens (tertiary/aromatic N) is 1. The molecular weight excluding hydrogens is 278 g/mol. The van der Waals surface area contributed by atoms with Crippen LogP contribution in [-0.2, 0) is 24.8 Å². The van der Waals surface area contributed by atoms with Crippen molar-refractivity contribution in [1.82, 2.24) is 0 Å². The second-order valence-corrected chi connectivity index (χ2v) is 6.66. The number of carbonyl (C=O) groups is 1. The van der Waals surface area contributed by atoms with E-state index in [-0.39, 0.29) is 17.3 Å². The van der Waals surface area contributed by atoms with E-state index in [1.54, 1.807) is 13.8 Å². The van der Waals surface area contributed by atoms with Crippen LogP contribution in [0.2, 0.25) is 0 Å². The predicted molar refractivity (Wildman–Crippen MR) is 73.8 cm³/mol. The Hall–Kier alpha value is -1.87. The minimum atomic E-state index is -3.30. The molecule has 0 aliphatic carbocycles. The van der Waals surface area contributed by atoms with Crippen LogP contribution in [-0.4, -0.2) is 26.7 Å². The van der Waals surface area contributed by atoms with Gasteiger partial charge in [0.15, 0.2) is 15.3 Å². The smallest absolute Gasteiger partial charge is 0.330 e. The number of rotatable bonds is 5. The van der Waals surface area contributed by atoms with Gasteiger partial charge in [-0.15, -0.1) is 0 Å². The third-order valence-corrected chi connectivity index (χ3v) is 4.83. The molecule has 0 spiro atoms. The normalized spacial score (nSPS) is 14.1. The fourth-order valence-corrected chi connectivity index (χ4v) is 2.55. The quantitative estimate of drug-likeness (QED) is 0.774. The summed E-state index contributed by atoms with van der Waals surface area (Å²) in [4.78, 5) is 12.0. The topological polar surface area (TPSA) is 84.2 Å². The van der Waals surface area contributed by atoms with Crippen molar-refractivity contribution < 1.29 is 17.9 Å². The van der Waals surface area contributed by atoms with E-state index in [2.05, 4.69) is 0 Å². The predicted octanol–water partition coefficient (Wildman–Crippen LogP) is 1.82. The van der Waals surface area contributed by atoms with Gasteiger partial charge in [-0.1, -0.05) is 19.1 Å². The van der Waals surface area contributed by atoms with Crippen molar-refractivity contribution >= 4 is 15.8 Å². The Morgan fingerprint density at radius 3 is 2.25 bits per heavy atom. The molecule has 20 heavy (non-hydrogen) atoms. The lowest BCUT2D eigenvalue weighted by molar-refractivity contribution is -0.147.